The van der Waals surface area contributed by atoms with E-state index in [2.05, 4.69) is 48.9 Å². The van der Waals surface area contributed by atoms with E-state index < -0.39 is 0 Å². The molecule has 0 aliphatic carbocycles. The zero-order valence-corrected chi connectivity index (χ0v) is 13.2. The van der Waals surface area contributed by atoms with Crippen LogP contribution in [-0.2, 0) is 6.54 Å². The van der Waals surface area contributed by atoms with E-state index >= 15 is 0 Å². The third kappa shape index (κ3) is 5.35. The van der Waals surface area contributed by atoms with E-state index in [9.17, 15) is 0 Å². The Morgan fingerprint density at radius 1 is 1.16 bits per heavy atom. The maximum Gasteiger partial charge on any atom is 0.0597 e. The molecular formula is C16H31N3. The molecule has 19 heavy (non-hydrogen) atoms. The fraction of sp³-hybridized carbons (Fsp3) is 0.812. The van der Waals surface area contributed by atoms with Gasteiger partial charge < -0.3 is 5.32 Å². The van der Waals surface area contributed by atoms with Gasteiger partial charge in [0.2, 0.25) is 0 Å². The SMILES string of the molecule is CCCCCCC(NCCC)c1cc(C)nn1CC. The number of aryl methyl sites for hydroxylation is 2. The maximum absolute atomic E-state index is 4.58. The number of nitrogens with zero attached hydrogens (tertiary/aromatic N) is 2. The highest BCUT2D eigenvalue weighted by atomic mass is 15.3. The molecule has 3 nitrogen and oxygen atoms in total. The summed E-state index contributed by atoms with van der Waals surface area (Å²) in [6.07, 6.45) is 7.73. The predicted octanol–water partition coefficient (Wildman–Crippen LogP) is 4.22. The first-order valence-electron chi connectivity index (χ1n) is 8.00. The minimum absolute atomic E-state index is 0.470. The van der Waals surface area contributed by atoms with Crippen molar-refractivity contribution in [3.8, 4) is 0 Å². The van der Waals surface area contributed by atoms with Crippen molar-refractivity contribution >= 4 is 0 Å². The highest BCUT2D eigenvalue weighted by Crippen LogP contribution is 2.21. The standard InChI is InChI=1S/C16H31N3/c1-5-8-9-10-11-15(17-12-6-2)16-13-14(4)18-19(16)7-3/h13,15,17H,5-12H2,1-4H3. The number of hydrogen-bond acceptors (Lipinski definition) is 2. The molecule has 0 aromatic carbocycles. The summed E-state index contributed by atoms with van der Waals surface area (Å²) in [5.74, 6) is 0. The minimum Gasteiger partial charge on any atom is -0.309 e. The van der Waals surface area contributed by atoms with Crippen molar-refractivity contribution in [2.24, 2.45) is 0 Å². The van der Waals surface area contributed by atoms with Crippen LogP contribution in [0.15, 0.2) is 6.07 Å². The smallest absolute Gasteiger partial charge is 0.0597 e. The zero-order chi connectivity index (χ0) is 14.1. The highest BCUT2D eigenvalue weighted by Gasteiger charge is 2.15. The van der Waals surface area contributed by atoms with Crippen LogP contribution in [0.5, 0.6) is 0 Å². The molecule has 1 aromatic rings. The Labute approximate surface area is 118 Å². The Morgan fingerprint density at radius 3 is 2.58 bits per heavy atom. The highest BCUT2D eigenvalue weighted by molar-refractivity contribution is 5.13. The lowest BCUT2D eigenvalue weighted by molar-refractivity contribution is 0.437. The molecule has 110 valence electrons. The van der Waals surface area contributed by atoms with Gasteiger partial charge in [-0.15, -0.1) is 0 Å². The first kappa shape index (κ1) is 16.2. The largest absolute Gasteiger partial charge is 0.309 e. The summed E-state index contributed by atoms with van der Waals surface area (Å²) in [7, 11) is 0. The first-order valence-corrected chi connectivity index (χ1v) is 8.00. The molecule has 1 heterocycles. The van der Waals surface area contributed by atoms with Crippen LogP contribution in [0.4, 0.5) is 0 Å². The van der Waals surface area contributed by atoms with Gasteiger partial charge in [-0.2, -0.15) is 5.10 Å². The van der Waals surface area contributed by atoms with E-state index in [1.165, 1.54) is 44.2 Å². The van der Waals surface area contributed by atoms with Crippen LogP contribution in [0.1, 0.15) is 76.7 Å². The third-order valence-electron chi connectivity index (χ3n) is 3.58. The van der Waals surface area contributed by atoms with Gasteiger partial charge in [0.25, 0.3) is 0 Å². The van der Waals surface area contributed by atoms with Gasteiger partial charge in [0, 0.05) is 12.6 Å². The third-order valence-corrected chi connectivity index (χ3v) is 3.58. The van der Waals surface area contributed by atoms with Gasteiger partial charge in [0.15, 0.2) is 0 Å². The molecular weight excluding hydrogens is 234 g/mol. The van der Waals surface area contributed by atoms with Crippen LogP contribution in [0.25, 0.3) is 0 Å². The quantitative estimate of drug-likeness (QED) is 0.642. The van der Waals surface area contributed by atoms with Gasteiger partial charge in [-0.25, -0.2) is 0 Å². The summed E-state index contributed by atoms with van der Waals surface area (Å²) in [5.41, 5.74) is 2.50. The molecule has 0 saturated carbocycles. The molecule has 0 radical (unpaired) electrons. The number of unbranched alkanes of at least 4 members (excludes halogenated alkanes) is 3. The average molecular weight is 265 g/mol. The van der Waals surface area contributed by atoms with Gasteiger partial charge in [0.05, 0.1) is 11.4 Å². The van der Waals surface area contributed by atoms with Crippen LogP contribution in [0.2, 0.25) is 0 Å². The van der Waals surface area contributed by atoms with Crippen LogP contribution in [0.3, 0.4) is 0 Å². The van der Waals surface area contributed by atoms with Gasteiger partial charge >= 0.3 is 0 Å². The first-order chi connectivity index (χ1) is 9.22. The topological polar surface area (TPSA) is 29.9 Å². The molecule has 0 bridgehead atoms. The summed E-state index contributed by atoms with van der Waals surface area (Å²) in [6.45, 7) is 10.8. The lowest BCUT2D eigenvalue weighted by Gasteiger charge is -2.19. The fourth-order valence-corrected chi connectivity index (χ4v) is 2.55. The molecule has 0 aliphatic heterocycles. The molecule has 0 saturated heterocycles. The molecule has 0 fully saturated rings. The van der Waals surface area contributed by atoms with Crippen molar-refractivity contribution in [2.75, 3.05) is 6.54 Å². The van der Waals surface area contributed by atoms with Crippen LogP contribution in [0, 0.1) is 6.92 Å². The van der Waals surface area contributed by atoms with Crippen LogP contribution in [-0.4, -0.2) is 16.3 Å². The van der Waals surface area contributed by atoms with E-state index in [4.69, 9.17) is 0 Å². The predicted molar refractivity (Wildman–Crippen MR) is 82.4 cm³/mol. The monoisotopic (exact) mass is 265 g/mol. The van der Waals surface area contributed by atoms with E-state index in [1.807, 2.05) is 0 Å². The van der Waals surface area contributed by atoms with E-state index in [1.54, 1.807) is 0 Å². The second-order valence-electron chi connectivity index (χ2n) is 5.38. The molecule has 1 rings (SSSR count). The zero-order valence-electron chi connectivity index (χ0n) is 13.2. The Bertz CT molecular complexity index is 344. The Kier molecular flexibility index (Phi) is 7.80. The summed E-state index contributed by atoms with van der Waals surface area (Å²) >= 11 is 0. The number of nitrogens with one attached hydrogen (secondary N) is 1. The van der Waals surface area contributed by atoms with Crippen molar-refractivity contribution in [3.63, 3.8) is 0 Å². The van der Waals surface area contributed by atoms with Crippen LogP contribution >= 0.6 is 0 Å². The van der Waals surface area contributed by atoms with Crippen molar-refractivity contribution in [3.05, 3.63) is 17.5 Å². The lowest BCUT2D eigenvalue weighted by Crippen LogP contribution is -2.24. The van der Waals surface area contributed by atoms with E-state index in [-0.39, 0.29) is 0 Å². The molecule has 3 heteroatoms. The van der Waals surface area contributed by atoms with E-state index in [0.717, 1.165) is 18.8 Å². The summed E-state index contributed by atoms with van der Waals surface area (Å²) in [5, 5.41) is 8.27. The normalized spacial score (nSPS) is 12.8. The molecule has 1 aromatic heterocycles. The Balaban J connectivity index is 2.65. The maximum atomic E-state index is 4.58. The van der Waals surface area contributed by atoms with Crippen molar-refractivity contribution in [1.29, 1.82) is 0 Å². The molecule has 0 amide bonds. The number of rotatable bonds is 10. The molecule has 0 spiro atoms. The Morgan fingerprint density at radius 2 is 1.95 bits per heavy atom. The molecule has 1 N–H and O–H groups in total. The van der Waals surface area contributed by atoms with Gasteiger partial charge in [-0.1, -0.05) is 39.5 Å². The van der Waals surface area contributed by atoms with Gasteiger partial charge in [-0.05, 0) is 39.3 Å². The lowest BCUT2D eigenvalue weighted by atomic mass is 10.0. The fourth-order valence-electron chi connectivity index (χ4n) is 2.55. The number of hydrogen-bond donors (Lipinski definition) is 1. The van der Waals surface area contributed by atoms with Crippen LogP contribution < -0.4 is 5.32 Å². The molecule has 1 unspecified atom stereocenters. The second kappa shape index (κ2) is 9.13. The number of aromatic nitrogens is 2. The molecule has 1 atom stereocenters. The second-order valence-corrected chi connectivity index (χ2v) is 5.38. The average Bonchev–Trinajstić information content (AvgIpc) is 2.79. The van der Waals surface area contributed by atoms with Gasteiger partial charge in [0.1, 0.15) is 0 Å². The Hall–Kier alpha value is -0.830. The summed E-state index contributed by atoms with van der Waals surface area (Å²) in [4.78, 5) is 0. The summed E-state index contributed by atoms with van der Waals surface area (Å²) < 4.78 is 2.16. The van der Waals surface area contributed by atoms with Gasteiger partial charge in [-0.3, -0.25) is 4.68 Å². The van der Waals surface area contributed by atoms with Crippen molar-refractivity contribution in [1.82, 2.24) is 15.1 Å². The summed E-state index contributed by atoms with van der Waals surface area (Å²) in [6, 6.07) is 2.72. The van der Waals surface area contributed by atoms with Crippen molar-refractivity contribution in [2.45, 2.75) is 78.8 Å². The minimum atomic E-state index is 0.470. The molecule has 0 aliphatic rings. The van der Waals surface area contributed by atoms with Crippen molar-refractivity contribution < 1.29 is 0 Å². The van der Waals surface area contributed by atoms with E-state index in [0.29, 0.717) is 6.04 Å².